The molecule has 0 radical (unpaired) electrons. The number of rotatable bonds is 9. The van der Waals surface area contributed by atoms with Crippen molar-refractivity contribution in [3.8, 4) is 5.75 Å². The lowest BCUT2D eigenvalue weighted by molar-refractivity contribution is -0.683. The van der Waals surface area contributed by atoms with Crippen molar-refractivity contribution < 1.29 is 129 Å². The average molecular weight is 1200 g/mol. The Kier molecular flexibility index (Phi) is 17.2. The van der Waals surface area contributed by atoms with Gasteiger partial charge in [0.25, 0.3) is 0 Å². The van der Waals surface area contributed by atoms with Crippen LogP contribution in [0.4, 0.5) is 110 Å². The van der Waals surface area contributed by atoms with Crippen molar-refractivity contribution in [1.82, 2.24) is 4.98 Å². The van der Waals surface area contributed by atoms with Crippen LogP contribution in [-0.2, 0) is 56.0 Å². The maximum absolute atomic E-state index is 14.2. The second kappa shape index (κ2) is 22.3. The molecule has 0 unspecified atom stereocenters. The zero-order valence-corrected chi connectivity index (χ0v) is 39.7. The van der Waals surface area contributed by atoms with Crippen LogP contribution in [0.15, 0.2) is 146 Å². The van der Waals surface area contributed by atoms with E-state index in [1.54, 1.807) is 36.5 Å². The Morgan fingerprint density at radius 1 is 0.415 bits per heavy atom. The monoisotopic (exact) mass is 1200 g/mol. The Morgan fingerprint density at radius 2 is 0.707 bits per heavy atom. The molecule has 0 saturated carbocycles. The van der Waals surface area contributed by atoms with Crippen molar-refractivity contribution in [2.24, 2.45) is 0 Å². The Morgan fingerprint density at radius 3 is 1.00 bits per heavy atom. The molecule has 0 saturated heterocycles. The van der Waals surface area contributed by atoms with Crippen molar-refractivity contribution in [1.29, 1.82) is 0 Å². The maximum Gasteiger partial charge on any atom is 0.416 e. The quantitative estimate of drug-likeness (QED) is 0.0361. The molecule has 5 nitrogen and oxygen atoms in total. The predicted molar refractivity (Wildman–Crippen MR) is 237 cm³/mol. The van der Waals surface area contributed by atoms with Gasteiger partial charge in [0.15, 0.2) is 17.8 Å². The van der Waals surface area contributed by atoms with E-state index in [2.05, 4.69) is 4.98 Å². The normalized spacial score (nSPS) is 13.1. The minimum absolute atomic E-state index is 0.0217. The first-order valence-electron chi connectivity index (χ1n) is 22.2. The van der Waals surface area contributed by atoms with Crippen molar-refractivity contribution in [2.75, 3.05) is 0 Å². The summed E-state index contributed by atoms with van der Waals surface area (Å²) in [5.41, 5.74) is -29.7. The number of carbonyl (C=O) groups excluding carboxylic acids is 2. The number of alkyl halides is 24. The summed E-state index contributed by atoms with van der Waals surface area (Å²) in [6.45, 7) is 0.0481. The minimum Gasteiger partial charge on any atom is -0.418 e. The Labute approximate surface area is 442 Å². The van der Waals surface area contributed by atoms with E-state index in [-0.39, 0.29) is 23.8 Å². The number of hydrogen-bond donors (Lipinski definition) is 0. The van der Waals surface area contributed by atoms with Crippen LogP contribution >= 0.6 is 0 Å². The molecule has 7 rings (SSSR count). The van der Waals surface area contributed by atoms with Crippen LogP contribution in [0.1, 0.15) is 65.4 Å². The van der Waals surface area contributed by atoms with Gasteiger partial charge in [0, 0.05) is 5.56 Å². The van der Waals surface area contributed by atoms with E-state index in [1.165, 1.54) is 35.2 Å². The molecular formula is C51H26BF25N2O3. The second-order valence-electron chi connectivity index (χ2n) is 17.4. The highest BCUT2D eigenvalue weighted by Gasteiger charge is 2.47. The first-order valence-corrected chi connectivity index (χ1v) is 22.2. The average Bonchev–Trinajstić information content (AvgIpc) is 1.17. The minimum atomic E-state index is -6.13. The number of benzene rings is 6. The van der Waals surface area contributed by atoms with Gasteiger partial charge in [0.1, 0.15) is 6.15 Å². The third-order valence-electron chi connectivity index (χ3n) is 11.9. The van der Waals surface area contributed by atoms with Crippen molar-refractivity contribution in [3.63, 3.8) is 0 Å². The van der Waals surface area contributed by atoms with Gasteiger partial charge >= 0.3 is 55.4 Å². The van der Waals surface area contributed by atoms with Gasteiger partial charge in [-0.05, 0) is 36.4 Å². The van der Waals surface area contributed by atoms with Crippen LogP contribution in [0.25, 0.3) is 0 Å². The van der Waals surface area contributed by atoms with E-state index < -0.39 is 206 Å². The molecule has 0 aliphatic carbocycles. The molecule has 7 aromatic rings. The third-order valence-corrected chi connectivity index (χ3v) is 11.9. The second-order valence-corrected chi connectivity index (χ2v) is 17.4. The Bertz CT molecular complexity index is 3050. The molecule has 31 heteroatoms. The first kappa shape index (κ1) is 63.0. The molecule has 1 aromatic heterocycles. The van der Waals surface area contributed by atoms with Crippen molar-refractivity contribution in [2.45, 2.75) is 56.0 Å². The smallest absolute Gasteiger partial charge is 0.416 e. The lowest BCUT2D eigenvalue weighted by atomic mass is 9.12. The molecule has 0 amide bonds. The first-order chi connectivity index (χ1) is 37.4. The van der Waals surface area contributed by atoms with Crippen LogP contribution in [0, 0.1) is 5.82 Å². The molecule has 0 fully saturated rings. The molecular weight excluding hydrogens is 1170 g/mol. The highest BCUT2D eigenvalue weighted by molar-refractivity contribution is 7.20. The van der Waals surface area contributed by atoms with Crippen molar-refractivity contribution in [3.05, 3.63) is 208 Å². The summed E-state index contributed by atoms with van der Waals surface area (Å²) >= 11 is 0. The highest BCUT2D eigenvalue weighted by atomic mass is 19.4. The number of para-hydroxylation sites is 1. The van der Waals surface area contributed by atoms with Gasteiger partial charge in [-0.25, -0.2) is 14.2 Å². The topological polar surface area (TPSA) is 60.1 Å². The fraction of sp³-hybridized carbons (Fsp3) is 0.176. The van der Waals surface area contributed by atoms with Crippen LogP contribution in [0.3, 0.4) is 0 Å². The molecule has 0 aliphatic heterocycles. The number of aromatic nitrogens is 2. The lowest BCUT2D eigenvalue weighted by Gasteiger charge is -2.46. The van der Waals surface area contributed by atoms with E-state index in [1.807, 2.05) is 6.07 Å². The maximum atomic E-state index is 14.2. The van der Waals surface area contributed by atoms with Crippen LogP contribution < -0.4 is 31.2 Å². The zero-order valence-electron chi connectivity index (χ0n) is 39.7. The van der Waals surface area contributed by atoms with E-state index in [9.17, 15) is 119 Å². The summed E-state index contributed by atoms with van der Waals surface area (Å²) in [4.78, 5) is 28.3. The third kappa shape index (κ3) is 14.7. The fourth-order valence-corrected chi connectivity index (χ4v) is 8.27. The van der Waals surface area contributed by atoms with E-state index in [4.69, 9.17) is 4.74 Å². The number of Topliss-reactive ketones (excluding diaryl/α,β-unsaturated/α-hetero) is 1. The van der Waals surface area contributed by atoms with Crippen LogP contribution in [0.2, 0.25) is 0 Å². The molecule has 0 bridgehead atoms. The van der Waals surface area contributed by atoms with E-state index in [0.29, 0.717) is 5.56 Å². The predicted octanol–water partition coefficient (Wildman–Crippen LogP) is 13.8. The van der Waals surface area contributed by atoms with Gasteiger partial charge < -0.3 is 4.74 Å². The van der Waals surface area contributed by atoms with Gasteiger partial charge in [-0.2, -0.15) is 132 Å². The zero-order chi connectivity index (χ0) is 61.6. The van der Waals surface area contributed by atoms with Crippen LogP contribution in [0.5, 0.6) is 5.75 Å². The number of nitrogens with zero attached hydrogens (tertiary/aromatic N) is 2. The molecule has 1 heterocycles. The molecule has 0 spiro atoms. The number of esters is 1. The number of halogens is 25. The van der Waals surface area contributed by atoms with Crippen molar-refractivity contribution >= 4 is 39.7 Å². The van der Waals surface area contributed by atoms with Gasteiger partial charge in [-0.15, -0.1) is 0 Å². The van der Waals surface area contributed by atoms with E-state index >= 15 is 0 Å². The van der Waals surface area contributed by atoms with Gasteiger partial charge in [0.2, 0.25) is 24.2 Å². The summed E-state index contributed by atoms with van der Waals surface area (Å²) < 4.78 is 361. The van der Waals surface area contributed by atoms with Gasteiger partial charge in [-0.3, -0.25) is 4.79 Å². The molecule has 0 atom stereocenters. The number of ketones is 1. The molecule has 6 aromatic carbocycles. The van der Waals surface area contributed by atoms with Crippen LogP contribution in [-0.4, -0.2) is 22.9 Å². The summed E-state index contributed by atoms with van der Waals surface area (Å²) in [6, 6.07) is 5.61. The Hall–Kier alpha value is -8.15. The SMILES string of the molecule is FC(F)(F)c1cc([B-](c2cc(C(F)(F)F)cc(C(F)(F)F)c2)(c2cc(C(F)(F)F)cc(C(F)(F)F)c2)c2cc(C(F)(F)F)cc(C(F)(F)F)c2)cc(C(F)(F)F)c1.O=C(C[n+]1ccnc(C(=O)Oc2ccccc2F)c1)c1ccccc1. The fourth-order valence-electron chi connectivity index (χ4n) is 8.27. The highest BCUT2D eigenvalue weighted by Crippen LogP contribution is 2.41. The van der Waals surface area contributed by atoms with E-state index in [0.717, 1.165) is 0 Å². The number of carbonyl (C=O) groups is 2. The van der Waals surface area contributed by atoms with Gasteiger partial charge in [-0.1, -0.05) is 91.0 Å². The summed E-state index contributed by atoms with van der Waals surface area (Å²) in [5.74, 6) is -1.72. The summed E-state index contributed by atoms with van der Waals surface area (Å²) in [7, 11) is 0. The lowest BCUT2D eigenvalue weighted by Crippen LogP contribution is -2.75. The largest absolute Gasteiger partial charge is 0.418 e. The molecule has 0 aliphatic rings. The number of ether oxygens (including phenoxy) is 1. The number of hydrogen-bond acceptors (Lipinski definition) is 4. The molecule has 436 valence electrons. The Balaban J connectivity index is 0.000000357. The standard InChI is InChI=1S/C32H12BF24.C19H14FN2O3/c34-25(35,36)13-1-14(26(37,38)39)6-21(5-13)33(22-7-15(27(40,41)42)2-16(8-22)28(43,44)45,23-9-17(29(46,47)48)3-18(10-23)30(49,50)51)24-11-19(31(52,53)54)4-20(12-24)32(55,56)57;20-15-8-4-5-9-18(15)25-19(24)16-12-22(11-10-21-16)13-17(23)14-6-2-1-3-7-14/h1-12H;1-12H,13H2/q-1;+1. The summed E-state index contributed by atoms with van der Waals surface area (Å²) in [5, 5.41) is 0. The molecule has 0 N–H and O–H groups in total. The molecule has 82 heavy (non-hydrogen) atoms. The van der Waals surface area contributed by atoms with Gasteiger partial charge in [0.05, 0.1) is 50.7 Å². The summed E-state index contributed by atoms with van der Waals surface area (Å²) in [6.07, 6.45) is -50.5.